The number of nitrogen functional groups attached to an aromatic ring is 1. The van der Waals surface area contributed by atoms with Gasteiger partial charge in [0.25, 0.3) is 5.91 Å². The van der Waals surface area contributed by atoms with Crippen molar-refractivity contribution in [3.8, 4) is 5.75 Å². The lowest BCUT2D eigenvalue weighted by Crippen LogP contribution is -2.30. The third-order valence-corrected chi connectivity index (χ3v) is 2.06. The minimum absolute atomic E-state index is 0.511. The summed E-state index contributed by atoms with van der Waals surface area (Å²) in [7, 11) is 0. The molecule has 1 aromatic rings. The molecular formula is C9H11BrN2O2. The van der Waals surface area contributed by atoms with Crippen molar-refractivity contribution in [2.45, 2.75) is 13.0 Å². The van der Waals surface area contributed by atoms with Crippen molar-refractivity contribution in [1.29, 1.82) is 0 Å². The van der Waals surface area contributed by atoms with E-state index in [0.29, 0.717) is 11.4 Å². The second-order valence-electron chi connectivity index (χ2n) is 2.88. The molecule has 1 amide bonds. The van der Waals surface area contributed by atoms with E-state index in [1.165, 1.54) is 0 Å². The van der Waals surface area contributed by atoms with E-state index in [-0.39, 0.29) is 0 Å². The van der Waals surface area contributed by atoms with Crippen LogP contribution in [0.15, 0.2) is 22.7 Å². The second kappa shape index (κ2) is 4.32. The molecule has 0 aliphatic carbocycles. The van der Waals surface area contributed by atoms with Gasteiger partial charge in [-0.05, 0) is 19.1 Å². The smallest absolute Gasteiger partial charge is 0.258 e. The highest BCUT2D eigenvalue weighted by atomic mass is 79.9. The number of benzene rings is 1. The zero-order valence-electron chi connectivity index (χ0n) is 7.66. The maximum Gasteiger partial charge on any atom is 0.258 e. The van der Waals surface area contributed by atoms with Gasteiger partial charge in [-0.25, -0.2) is 0 Å². The Labute approximate surface area is 90.3 Å². The minimum Gasteiger partial charge on any atom is -0.481 e. The molecule has 76 valence electrons. The number of carbonyl (C=O) groups is 1. The van der Waals surface area contributed by atoms with Crippen LogP contribution < -0.4 is 16.2 Å². The first-order chi connectivity index (χ1) is 6.49. The molecule has 0 bridgehead atoms. The van der Waals surface area contributed by atoms with Crippen LogP contribution in [0.5, 0.6) is 5.75 Å². The van der Waals surface area contributed by atoms with Crippen LogP contribution in [0.25, 0.3) is 0 Å². The Hall–Kier alpha value is -1.23. The summed E-state index contributed by atoms with van der Waals surface area (Å²) in [5, 5.41) is 0. The number of hydrogen-bond acceptors (Lipinski definition) is 3. The second-order valence-corrected chi connectivity index (χ2v) is 3.80. The van der Waals surface area contributed by atoms with Gasteiger partial charge in [-0.3, -0.25) is 4.79 Å². The Morgan fingerprint density at radius 1 is 1.50 bits per heavy atom. The van der Waals surface area contributed by atoms with Crippen LogP contribution in [0.2, 0.25) is 0 Å². The highest BCUT2D eigenvalue weighted by molar-refractivity contribution is 9.10. The van der Waals surface area contributed by atoms with Gasteiger partial charge in [0.1, 0.15) is 5.75 Å². The molecule has 0 saturated heterocycles. The molecule has 0 spiro atoms. The SMILES string of the molecule is CC(Oc1cc(N)cc(Br)c1)C(N)=O. The molecule has 5 heteroatoms. The van der Waals surface area contributed by atoms with Crippen molar-refractivity contribution in [2.24, 2.45) is 5.73 Å². The number of halogens is 1. The van der Waals surface area contributed by atoms with Crippen LogP contribution in [0, 0.1) is 0 Å². The zero-order chi connectivity index (χ0) is 10.7. The lowest BCUT2D eigenvalue weighted by atomic mass is 10.3. The van der Waals surface area contributed by atoms with Crippen LogP contribution in [0.1, 0.15) is 6.92 Å². The third kappa shape index (κ3) is 2.92. The Balaban J connectivity index is 2.81. The molecule has 0 fully saturated rings. The number of carbonyl (C=O) groups excluding carboxylic acids is 1. The molecule has 1 aromatic carbocycles. The molecule has 1 unspecified atom stereocenters. The maximum atomic E-state index is 10.7. The van der Waals surface area contributed by atoms with Crippen molar-refractivity contribution in [3.05, 3.63) is 22.7 Å². The van der Waals surface area contributed by atoms with Gasteiger partial charge in [0, 0.05) is 16.2 Å². The predicted octanol–water partition coefficient (Wildman–Crippen LogP) is 1.28. The number of rotatable bonds is 3. The van der Waals surface area contributed by atoms with E-state index in [1.54, 1.807) is 25.1 Å². The molecule has 1 atom stereocenters. The van der Waals surface area contributed by atoms with Gasteiger partial charge in [0.15, 0.2) is 6.10 Å². The summed E-state index contributed by atoms with van der Waals surface area (Å²) >= 11 is 3.26. The normalized spacial score (nSPS) is 12.1. The summed E-state index contributed by atoms with van der Waals surface area (Å²) in [6, 6.07) is 5.09. The van der Waals surface area contributed by atoms with Crippen LogP contribution in [0.4, 0.5) is 5.69 Å². The summed E-state index contributed by atoms with van der Waals surface area (Å²) < 4.78 is 6.05. The summed E-state index contributed by atoms with van der Waals surface area (Å²) in [4.78, 5) is 10.7. The van der Waals surface area contributed by atoms with Crippen molar-refractivity contribution >= 4 is 27.5 Å². The van der Waals surface area contributed by atoms with Gasteiger partial charge < -0.3 is 16.2 Å². The highest BCUT2D eigenvalue weighted by Gasteiger charge is 2.10. The van der Waals surface area contributed by atoms with E-state index in [1.807, 2.05) is 0 Å². The molecule has 0 saturated carbocycles. The molecule has 0 aliphatic rings. The zero-order valence-corrected chi connectivity index (χ0v) is 9.24. The van der Waals surface area contributed by atoms with Crippen molar-refractivity contribution < 1.29 is 9.53 Å². The number of primary amides is 1. The topological polar surface area (TPSA) is 78.3 Å². The fraction of sp³-hybridized carbons (Fsp3) is 0.222. The van der Waals surface area contributed by atoms with Crippen LogP contribution >= 0.6 is 15.9 Å². The molecule has 0 aliphatic heterocycles. The van der Waals surface area contributed by atoms with E-state index in [9.17, 15) is 4.79 Å². The summed E-state index contributed by atoms with van der Waals surface area (Å²) in [6.07, 6.45) is -0.663. The van der Waals surface area contributed by atoms with Gasteiger partial charge in [-0.2, -0.15) is 0 Å². The standard InChI is InChI=1S/C9H11BrN2O2/c1-5(9(12)13)14-8-3-6(10)2-7(11)4-8/h2-5H,11H2,1H3,(H2,12,13). The van der Waals surface area contributed by atoms with E-state index < -0.39 is 12.0 Å². The molecule has 14 heavy (non-hydrogen) atoms. The highest BCUT2D eigenvalue weighted by Crippen LogP contribution is 2.23. The van der Waals surface area contributed by atoms with E-state index >= 15 is 0 Å². The first-order valence-electron chi connectivity index (χ1n) is 4.01. The number of nitrogens with two attached hydrogens (primary N) is 2. The first-order valence-corrected chi connectivity index (χ1v) is 4.80. The van der Waals surface area contributed by atoms with Crippen molar-refractivity contribution in [1.82, 2.24) is 0 Å². The molecular weight excluding hydrogens is 248 g/mol. The minimum atomic E-state index is -0.663. The van der Waals surface area contributed by atoms with Gasteiger partial charge in [-0.15, -0.1) is 0 Å². The largest absolute Gasteiger partial charge is 0.481 e. The molecule has 4 N–H and O–H groups in total. The molecule has 0 radical (unpaired) electrons. The van der Waals surface area contributed by atoms with E-state index in [2.05, 4.69) is 15.9 Å². The molecule has 0 aromatic heterocycles. The van der Waals surface area contributed by atoms with Crippen LogP contribution in [0.3, 0.4) is 0 Å². The van der Waals surface area contributed by atoms with Crippen molar-refractivity contribution in [2.75, 3.05) is 5.73 Å². The molecule has 4 nitrogen and oxygen atoms in total. The maximum absolute atomic E-state index is 10.7. The Morgan fingerprint density at radius 2 is 2.14 bits per heavy atom. The number of hydrogen-bond donors (Lipinski definition) is 2. The molecule has 0 heterocycles. The average molecular weight is 259 g/mol. The van der Waals surface area contributed by atoms with Crippen molar-refractivity contribution in [3.63, 3.8) is 0 Å². The third-order valence-electron chi connectivity index (χ3n) is 1.61. The van der Waals surface area contributed by atoms with Gasteiger partial charge in [-0.1, -0.05) is 15.9 Å². The van der Waals surface area contributed by atoms with Crippen LogP contribution in [-0.2, 0) is 4.79 Å². The number of ether oxygens (including phenoxy) is 1. The Morgan fingerprint density at radius 3 is 2.64 bits per heavy atom. The first kappa shape index (κ1) is 10.8. The quantitative estimate of drug-likeness (QED) is 0.802. The summed E-state index contributed by atoms with van der Waals surface area (Å²) in [6.45, 7) is 1.58. The summed E-state index contributed by atoms with van der Waals surface area (Å²) in [5.74, 6) is 0.00622. The van der Waals surface area contributed by atoms with Gasteiger partial charge >= 0.3 is 0 Å². The molecule has 1 rings (SSSR count). The fourth-order valence-corrected chi connectivity index (χ4v) is 1.40. The average Bonchev–Trinajstić information content (AvgIpc) is 2.01. The number of amides is 1. The lowest BCUT2D eigenvalue weighted by molar-refractivity contribution is -0.123. The Kier molecular flexibility index (Phi) is 3.35. The predicted molar refractivity (Wildman–Crippen MR) is 57.8 cm³/mol. The fourth-order valence-electron chi connectivity index (χ4n) is 0.915. The number of anilines is 1. The Bertz CT molecular complexity index is 334. The lowest BCUT2D eigenvalue weighted by Gasteiger charge is -2.11. The van der Waals surface area contributed by atoms with Gasteiger partial charge in [0.05, 0.1) is 0 Å². The summed E-state index contributed by atoms with van der Waals surface area (Å²) in [5.41, 5.74) is 11.2. The van der Waals surface area contributed by atoms with E-state index in [4.69, 9.17) is 16.2 Å². The van der Waals surface area contributed by atoms with Gasteiger partial charge in [0.2, 0.25) is 0 Å². The monoisotopic (exact) mass is 258 g/mol. The van der Waals surface area contributed by atoms with E-state index in [0.717, 1.165) is 4.47 Å². The van der Waals surface area contributed by atoms with Crippen LogP contribution in [-0.4, -0.2) is 12.0 Å².